The molecule has 0 spiro atoms. The monoisotopic (exact) mass is 663 g/mol. The molecule has 2 aromatic carbocycles. The first-order chi connectivity index (χ1) is 22.0. The Morgan fingerprint density at radius 3 is 2.41 bits per heavy atom. The van der Waals surface area contributed by atoms with Gasteiger partial charge >= 0.3 is 11.7 Å². The van der Waals surface area contributed by atoms with Gasteiger partial charge in [0.25, 0.3) is 11.5 Å². The van der Waals surface area contributed by atoms with Crippen molar-refractivity contribution in [3.05, 3.63) is 96.2 Å². The van der Waals surface area contributed by atoms with Crippen molar-refractivity contribution in [2.45, 2.75) is 25.3 Å². The number of fused-ring (bicyclic) bond motifs is 1. The number of carbonyl (C=O) groups excluding carboxylic acids is 1. The first-order valence-corrected chi connectivity index (χ1v) is 15.5. The average molecular weight is 665 g/mol. The van der Waals surface area contributed by atoms with Crippen LogP contribution in [0.15, 0.2) is 58.3 Å². The van der Waals surface area contributed by atoms with Gasteiger partial charge in [0.05, 0.1) is 34.5 Å². The Kier molecular flexibility index (Phi) is 8.49. The molecule has 0 radical (unpaired) electrons. The highest BCUT2D eigenvalue weighted by molar-refractivity contribution is 6.39. The van der Waals surface area contributed by atoms with Crippen LogP contribution in [-0.2, 0) is 25.3 Å². The maximum Gasteiger partial charge on any atom is 0.330 e. The molecule has 1 aliphatic carbocycles. The molecule has 2 atom stereocenters. The number of carboxylic acids is 1. The highest BCUT2D eigenvalue weighted by Crippen LogP contribution is 2.46. The van der Waals surface area contributed by atoms with Gasteiger partial charge in [-0.15, -0.1) is 0 Å². The van der Waals surface area contributed by atoms with E-state index >= 15 is 0 Å². The molecule has 0 saturated carbocycles. The van der Waals surface area contributed by atoms with Crippen molar-refractivity contribution >= 4 is 40.8 Å². The summed E-state index contributed by atoms with van der Waals surface area (Å²) < 4.78 is 7.79. The molecule has 2 N–H and O–H groups in total. The van der Waals surface area contributed by atoms with E-state index < -0.39 is 23.1 Å². The first kappa shape index (κ1) is 31.5. The molecule has 3 heterocycles. The lowest BCUT2D eigenvalue weighted by atomic mass is 9.99. The normalized spacial score (nSPS) is 17.6. The summed E-state index contributed by atoms with van der Waals surface area (Å²) in [7, 11) is 4.33. The summed E-state index contributed by atoms with van der Waals surface area (Å²) in [5.74, 6) is -1.36. The molecule has 46 heavy (non-hydrogen) atoms. The van der Waals surface area contributed by atoms with E-state index in [2.05, 4.69) is 10.2 Å². The zero-order chi connectivity index (χ0) is 32.9. The summed E-state index contributed by atoms with van der Waals surface area (Å²) in [5, 5.41) is 12.8. The van der Waals surface area contributed by atoms with Gasteiger partial charge in [0, 0.05) is 55.1 Å². The number of hydrogen-bond acceptors (Lipinski definition) is 7. The number of ether oxygens (including phenoxy) is 1. The number of benzene rings is 2. The second-order valence-electron chi connectivity index (χ2n) is 11.6. The van der Waals surface area contributed by atoms with E-state index in [1.807, 2.05) is 24.3 Å². The summed E-state index contributed by atoms with van der Waals surface area (Å²) in [6.07, 6.45) is 3.45. The minimum Gasteiger partial charge on any atom is -0.481 e. The van der Waals surface area contributed by atoms with Gasteiger partial charge in [-0.05, 0) is 43.5 Å². The summed E-state index contributed by atoms with van der Waals surface area (Å²) in [6, 6.07) is 12.7. The molecule has 2 aliphatic rings. The van der Waals surface area contributed by atoms with Gasteiger partial charge in [-0.25, -0.2) is 9.78 Å². The molecular weight excluding hydrogens is 633 g/mol. The Balaban J connectivity index is 1.33. The number of likely N-dealkylation sites (tertiary alicyclic amines) is 1. The minimum absolute atomic E-state index is 0.0374. The molecule has 1 fully saturated rings. The zero-order valence-corrected chi connectivity index (χ0v) is 26.9. The number of halogens is 2. The van der Waals surface area contributed by atoms with Gasteiger partial charge in [0.1, 0.15) is 5.56 Å². The van der Waals surface area contributed by atoms with Gasteiger partial charge in [0.15, 0.2) is 0 Å². The van der Waals surface area contributed by atoms with Crippen molar-refractivity contribution in [3.8, 4) is 28.3 Å². The Bertz CT molecular complexity index is 2020. The third-order valence-corrected chi connectivity index (χ3v) is 9.65. The number of nitrogens with zero attached hydrogens (tertiary/aromatic N) is 4. The molecule has 0 unspecified atom stereocenters. The number of anilines is 1. The number of aromatic nitrogens is 3. The lowest BCUT2D eigenvalue weighted by Crippen LogP contribution is -2.40. The minimum atomic E-state index is -0.765. The highest BCUT2D eigenvalue weighted by atomic mass is 35.5. The largest absolute Gasteiger partial charge is 0.481 e. The number of aryl methyl sites for hydroxylation is 2. The topological polar surface area (TPSA) is 136 Å². The van der Waals surface area contributed by atoms with Crippen LogP contribution >= 0.6 is 23.2 Å². The number of hydrogen-bond donors (Lipinski definition) is 2. The van der Waals surface area contributed by atoms with Crippen LogP contribution in [0.4, 0.5) is 5.69 Å². The number of amides is 1. The average Bonchev–Trinajstić information content (AvgIpc) is 3.70. The van der Waals surface area contributed by atoms with E-state index in [0.29, 0.717) is 52.8 Å². The summed E-state index contributed by atoms with van der Waals surface area (Å²) in [4.78, 5) is 56.4. The van der Waals surface area contributed by atoms with Gasteiger partial charge in [-0.3, -0.25) is 23.9 Å². The van der Waals surface area contributed by atoms with Crippen molar-refractivity contribution in [2.75, 3.05) is 25.5 Å². The van der Waals surface area contributed by atoms with Crippen molar-refractivity contribution in [2.24, 2.45) is 20.0 Å². The van der Waals surface area contributed by atoms with Gasteiger partial charge in [0.2, 0.25) is 5.88 Å². The van der Waals surface area contributed by atoms with Crippen LogP contribution in [0.1, 0.15) is 40.4 Å². The third-order valence-electron chi connectivity index (χ3n) is 8.84. The maximum atomic E-state index is 13.1. The van der Waals surface area contributed by atoms with Crippen LogP contribution in [0.25, 0.3) is 22.4 Å². The number of carboxylic acid groups (broad SMARTS) is 1. The predicted molar refractivity (Wildman–Crippen MR) is 175 cm³/mol. The summed E-state index contributed by atoms with van der Waals surface area (Å²) in [5.41, 5.74) is 3.29. The van der Waals surface area contributed by atoms with Crippen molar-refractivity contribution in [3.63, 3.8) is 0 Å². The molecule has 13 heteroatoms. The molecule has 1 aliphatic heterocycles. The maximum absolute atomic E-state index is 13.1. The van der Waals surface area contributed by atoms with Crippen LogP contribution in [0.3, 0.4) is 0 Å². The van der Waals surface area contributed by atoms with Gasteiger partial charge in [-0.1, -0.05) is 53.5 Å². The van der Waals surface area contributed by atoms with E-state index in [9.17, 15) is 24.3 Å². The molecule has 6 rings (SSSR count). The second-order valence-corrected chi connectivity index (χ2v) is 12.3. The molecule has 1 amide bonds. The fourth-order valence-electron chi connectivity index (χ4n) is 6.44. The fraction of sp³-hybridized carbons (Fsp3) is 0.303. The summed E-state index contributed by atoms with van der Waals surface area (Å²) in [6.45, 7) is 1.21. The van der Waals surface area contributed by atoms with E-state index in [4.69, 9.17) is 32.9 Å². The van der Waals surface area contributed by atoms with E-state index in [-0.39, 0.29) is 28.2 Å². The molecular formula is C33H31Cl2N5O6. The number of pyridine rings is 1. The quantitative estimate of drug-likeness (QED) is 0.289. The predicted octanol–water partition coefficient (Wildman–Crippen LogP) is 4.77. The highest BCUT2D eigenvalue weighted by Gasteiger charge is 2.38. The molecule has 4 aromatic rings. The Morgan fingerprint density at radius 1 is 1.02 bits per heavy atom. The van der Waals surface area contributed by atoms with E-state index in [1.165, 1.54) is 20.3 Å². The van der Waals surface area contributed by atoms with E-state index in [0.717, 1.165) is 33.1 Å². The number of carbonyl (C=O) groups is 2. The van der Waals surface area contributed by atoms with Crippen LogP contribution in [0.5, 0.6) is 5.88 Å². The van der Waals surface area contributed by atoms with Crippen LogP contribution in [0, 0.1) is 5.92 Å². The van der Waals surface area contributed by atoms with Crippen LogP contribution in [-0.4, -0.2) is 56.2 Å². The molecule has 238 valence electrons. The Labute approximate surface area is 274 Å². The van der Waals surface area contributed by atoms with Crippen molar-refractivity contribution in [1.29, 1.82) is 0 Å². The first-order valence-electron chi connectivity index (χ1n) is 14.7. The van der Waals surface area contributed by atoms with Crippen LogP contribution < -0.4 is 21.3 Å². The summed E-state index contributed by atoms with van der Waals surface area (Å²) >= 11 is 13.8. The Hall–Kier alpha value is -4.45. The Morgan fingerprint density at radius 2 is 1.72 bits per heavy atom. The lowest BCUT2D eigenvalue weighted by molar-refractivity contribution is -0.141. The molecule has 2 aromatic heterocycles. The zero-order valence-electron chi connectivity index (χ0n) is 25.3. The smallest absolute Gasteiger partial charge is 0.330 e. The van der Waals surface area contributed by atoms with Crippen molar-refractivity contribution in [1.82, 2.24) is 19.0 Å². The van der Waals surface area contributed by atoms with Gasteiger partial charge < -0.3 is 19.7 Å². The number of aliphatic carboxylic acids is 1. The lowest BCUT2D eigenvalue weighted by Gasteiger charge is -2.25. The van der Waals surface area contributed by atoms with Crippen molar-refractivity contribution < 1.29 is 19.4 Å². The van der Waals surface area contributed by atoms with Gasteiger partial charge in [-0.2, -0.15) is 0 Å². The van der Waals surface area contributed by atoms with E-state index in [1.54, 1.807) is 25.3 Å². The number of nitrogens with one attached hydrogen (secondary N) is 1. The van der Waals surface area contributed by atoms with Crippen LogP contribution in [0.2, 0.25) is 10.0 Å². The standard InChI is InChI=1S/C33H31Cl2N5O6/c1-38-16-22(31(42)39(2)33(38)45)29(41)36-23-9-5-7-20(28(23)35)19-6-4-8-21(27(19)34)24-14-17-10-11-25(26(17)30(37-24)46-3)40-13-12-18(15-40)32(43)44/h4-9,14,16,18,25H,10-13,15H2,1-3H3,(H,36,41)(H,43,44)/t18-,25+/m1/s1. The molecule has 11 nitrogen and oxygen atoms in total. The fourth-order valence-corrected chi connectivity index (χ4v) is 7.04. The number of rotatable bonds is 7. The molecule has 1 saturated heterocycles. The SMILES string of the molecule is COc1nc(-c2cccc(-c3cccc(NC(=O)c4cn(C)c(=O)n(C)c4=O)c3Cl)c2Cl)cc2c1[C@@H](N1CC[C@@H](C(=O)O)C1)CC2. The second kappa shape index (κ2) is 12.4. The molecule has 0 bridgehead atoms. The number of methoxy groups -OCH3 is 1. The third kappa shape index (κ3) is 5.48.